The smallest absolute Gasteiger partial charge is 0.257 e. The summed E-state index contributed by atoms with van der Waals surface area (Å²) < 4.78 is 12.2. The fourth-order valence-electron chi connectivity index (χ4n) is 5.14. The molecule has 1 N–H and O–H groups in total. The molecule has 0 saturated heterocycles. The van der Waals surface area contributed by atoms with E-state index >= 15 is 0 Å². The molecule has 40 heavy (non-hydrogen) atoms. The lowest BCUT2D eigenvalue weighted by Gasteiger charge is -2.36. The predicted molar refractivity (Wildman–Crippen MR) is 159 cm³/mol. The van der Waals surface area contributed by atoms with Gasteiger partial charge in [-0.1, -0.05) is 67.6 Å². The Kier molecular flexibility index (Phi) is 10.3. The van der Waals surface area contributed by atoms with Gasteiger partial charge in [0.25, 0.3) is 5.91 Å². The SMILES string of the molecule is CO[C@@H]1CN(C)C(=O)c2cc(NC(=O)Cc3ccccc3)ccc2OC[C@@H](C)N(CCc2ccccc2)C[C@H]1C. The summed E-state index contributed by atoms with van der Waals surface area (Å²) in [5, 5.41) is 2.94. The van der Waals surface area contributed by atoms with E-state index in [4.69, 9.17) is 9.47 Å². The normalized spacial score (nSPS) is 20.6. The van der Waals surface area contributed by atoms with Crippen molar-refractivity contribution >= 4 is 17.5 Å². The van der Waals surface area contributed by atoms with E-state index in [1.54, 1.807) is 37.3 Å². The molecule has 1 aliphatic rings. The maximum Gasteiger partial charge on any atom is 0.257 e. The van der Waals surface area contributed by atoms with Crippen LogP contribution in [0.3, 0.4) is 0 Å². The zero-order chi connectivity index (χ0) is 28.5. The van der Waals surface area contributed by atoms with Gasteiger partial charge >= 0.3 is 0 Å². The van der Waals surface area contributed by atoms with Crippen molar-refractivity contribution in [1.82, 2.24) is 9.80 Å². The van der Waals surface area contributed by atoms with Gasteiger partial charge < -0.3 is 19.7 Å². The van der Waals surface area contributed by atoms with Crippen molar-refractivity contribution in [2.45, 2.75) is 38.8 Å². The van der Waals surface area contributed by atoms with Crippen LogP contribution >= 0.6 is 0 Å². The number of anilines is 1. The Hall–Kier alpha value is -3.68. The van der Waals surface area contributed by atoms with Gasteiger partial charge in [0.2, 0.25) is 5.91 Å². The second-order valence-electron chi connectivity index (χ2n) is 10.7. The molecular weight excluding hydrogens is 502 g/mol. The van der Waals surface area contributed by atoms with E-state index in [0.29, 0.717) is 30.2 Å². The molecule has 0 fully saturated rings. The maximum absolute atomic E-state index is 13.6. The zero-order valence-corrected chi connectivity index (χ0v) is 24.0. The molecule has 0 bridgehead atoms. The molecule has 0 spiro atoms. The quantitative estimate of drug-likeness (QED) is 0.458. The molecule has 212 valence electrons. The Balaban J connectivity index is 1.55. The highest BCUT2D eigenvalue weighted by atomic mass is 16.5. The molecule has 0 aromatic heterocycles. The number of ether oxygens (including phenoxy) is 2. The van der Waals surface area contributed by atoms with Crippen molar-refractivity contribution in [2.75, 3.05) is 45.7 Å². The van der Waals surface area contributed by atoms with E-state index < -0.39 is 0 Å². The first-order valence-corrected chi connectivity index (χ1v) is 14.0. The number of likely N-dealkylation sites (N-methyl/N-ethyl adjacent to an activating group) is 1. The average molecular weight is 544 g/mol. The summed E-state index contributed by atoms with van der Waals surface area (Å²) in [5.74, 6) is 0.394. The van der Waals surface area contributed by atoms with E-state index in [1.807, 2.05) is 36.4 Å². The molecule has 7 nitrogen and oxygen atoms in total. The second kappa shape index (κ2) is 14.1. The van der Waals surface area contributed by atoms with E-state index in [0.717, 1.165) is 25.1 Å². The summed E-state index contributed by atoms with van der Waals surface area (Å²) in [7, 11) is 3.49. The molecule has 3 atom stereocenters. The van der Waals surface area contributed by atoms with Gasteiger partial charge in [-0.15, -0.1) is 0 Å². The van der Waals surface area contributed by atoms with Crippen molar-refractivity contribution in [2.24, 2.45) is 5.92 Å². The van der Waals surface area contributed by atoms with Crippen molar-refractivity contribution in [3.05, 3.63) is 95.6 Å². The lowest BCUT2D eigenvalue weighted by Crippen LogP contribution is -2.47. The van der Waals surface area contributed by atoms with Crippen LogP contribution in [0.1, 0.15) is 35.3 Å². The molecule has 4 rings (SSSR count). The Morgan fingerprint density at radius 1 is 0.975 bits per heavy atom. The molecule has 3 aromatic rings. The third-order valence-electron chi connectivity index (χ3n) is 7.60. The van der Waals surface area contributed by atoms with Crippen LogP contribution < -0.4 is 10.1 Å². The second-order valence-corrected chi connectivity index (χ2v) is 10.7. The van der Waals surface area contributed by atoms with Crippen LogP contribution in [0.15, 0.2) is 78.9 Å². The summed E-state index contributed by atoms with van der Waals surface area (Å²) in [6, 6.07) is 25.5. The zero-order valence-electron chi connectivity index (χ0n) is 24.0. The highest BCUT2D eigenvalue weighted by Gasteiger charge is 2.28. The fourth-order valence-corrected chi connectivity index (χ4v) is 5.14. The van der Waals surface area contributed by atoms with Crippen molar-refractivity contribution in [3.8, 4) is 5.75 Å². The van der Waals surface area contributed by atoms with Crippen LogP contribution in [0, 0.1) is 5.92 Å². The van der Waals surface area contributed by atoms with Gasteiger partial charge in [0.15, 0.2) is 0 Å². The molecule has 1 aliphatic heterocycles. The lowest BCUT2D eigenvalue weighted by atomic mass is 10.0. The van der Waals surface area contributed by atoms with E-state index in [1.165, 1.54) is 5.56 Å². The standard InChI is InChI=1S/C33H41N3O4/c1-24-21-36(18-17-26-11-7-5-8-12-26)25(2)23-40-30-16-15-28(34-32(37)19-27-13-9-6-10-14-27)20-29(30)33(38)35(3)22-31(24)39-4/h5-16,20,24-25,31H,17-19,21-23H2,1-4H3,(H,34,37)/t24-,25-,31-/m1/s1. The van der Waals surface area contributed by atoms with Crippen molar-refractivity contribution < 1.29 is 19.1 Å². The number of amides is 2. The molecule has 7 heteroatoms. The first-order valence-electron chi connectivity index (χ1n) is 14.0. The number of benzene rings is 3. The Bertz CT molecular complexity index is 1250. The molecule has 3 aromatic carbocycles. The van der Waals surface area contributed by atoms with Crippen LogP contribution in [-0.2, 0) is 22.4 Å². The van der Waals surface area contributed by atoms with Gasteiger partial charge in [0, 0.05) is 45.5 Å². The van der Waals surface area contributed by atoms with E-state index in [2.05, 4.69) is 48.3 Å². The summed E-state index contributed by atoms with van der Waals surface area (Å²) >= 11 is 0. The minimum Gasteiger partial charge on any atom is -0.491 e. The minimum atomic E-state index is -0.169. The molecule has 0 unspecified atom stereocenters. The van der Waals surface area contributed by atoms with Crippen LogP contribution in [0.2, 0.25) is 0 Å². The molecule has 1 heterocycles. The average Bonchev–Trinajstić information content (AvgIpc) is 2.97. The number of carbonyl (C=O) groups is 2. The predicted octanol–water partition coefficient (Wildman–Crippen LogP) is 4.92. The highest BCUT2D eigenvalue weighted by Crippen LogP contribution is 2.27. The molecule has 0 radical (unpaired) electrons. The van der Waals surface area contributed by atoms with Crippen molar-refractivity contribution in [1.29, 1.82) is 0 Å². The van der Waals surface area contributed by atoms with Crippen LogP contribution in [0.25, 0.3) is 0 Å². The Morgan fingerprint density at radius 2 is 1.65 bits per heavy atom. The largest absolute Gasteiger partial charge is 0.491 e. The summed E-state index contributed by atoms with van der Waals surface area (Å²) in [6.07, 6.45) is 1.07. The maximum atomic E-state index is 13.6. The number of fused-ring (bicyclic) bond motifs is 1. The minimum absolute atomic E-state index is 0.119. The van der Waals surface area contributed by atoms with Gasteiger partial charge in [-0.05, 0) is 48.6 Å². The first-order chi connectivity index (χ1) is 19.3. The number of methoxy groups -OCH3 is 1. The molecule has 0 aliphatic carbocycles. The van der Waals surface area contributed by atoms with Gasteiger partial charge in [0.05, 0.1) is 18.1 Å². The Morgan fingerprint density at radius 3 is 2.33 bits per heavy atom. The van der Waals surface area contributed by atoms with Crippen LogP contribution in [0.5, 0.6) is 5.75 Å². The first kappa shape index (κ1) is 29.3. The number of hydrogen-bond acceptors (Lipinski definition) is 5. The molecule has 2 amide bonds. The van der Waals surface area contributed by atoms with Gasteiger partial charge in [-0.2, -0.15) is 0 Å². The highest BCUT2D eigenvalue weighted by molar-refractivity contribution is 5.99. The number of nitrogens with one attached hydrogen (secondary N) is 1. The summed E-state index contributed by atoms with van der Waals surface area (Å²) in [5.41, 5.74) is 3.21. The van der Waals surface area contributed by atoms with E-state index in [9.17, 15) is 9.59 Å². The summed E-state index contributed by atoms with van der Waals surface area (Å²) in [4.78, 5) is 30.5. The van der Waals surface area contributed by atoms with Crippen molar-refractivity contribution in [3.63, 3.8) is 0 Å². The number of carbonyl (C=O) groups excluding carboxylic acids is 2. The van der Waals surface area contributed by atoms with Gasteiger partial charge in [-0.3, -0.25) is 14.5 Å². The molecule has 0 saturated carbocycles. The topological polar surface area (TPSA) is 71.1 Å². The van der Waals surface area contributed by atoms with Gasteiger partial charge in [-0.25, -0.2) is 0 Å². The third kappa shape index (κ3) is 7.93. The number of hydrogen-bond donors (Lipinski definition) is 1. The van der Waals surface area contributed by atoms with Crippen LogP contribution in [0.4, 0.5) is 5.69 Å². The molecular formula is C33H41N3O4. The van der Waals surface area contributed by atoms with Gasteiger partial charge in [0.1, 0.15) is 12.4 Å². The lowest BCUT2D eigenvalue weighted by molar-refractivity contribution is -0.115. The number of nitrogens with zero attached hydrogens (tertiary/aromatic N) is 2. The summed E-state index contributed by atoms with van der Waals surface area (Å²) in [6.45, 7) is 6.94. The monoisotopic (exact) mass is 543 g/mol. The van der Waals surface area contributed by atoms with E-state index in [-0.39, 0.29) is 36.3 Å². The van der Waals surface area contributed by atoms with Crippen LogP contribution in [-0.4, -0.2) is 74.2 Å². The fraction of sp³-hybridized carbons (Fsp3) is 0.394. The third-order valence-corrected chi connectivity index (χ3v) is 7.60. The number of rotatable bonds is 7. The Labute approximate surface area is 238 Å².